The summed E-state index contributed by atoms with van der Waals surface area (Å²) in [6.07, 6.45) is 0. The standard InChI is InChI=1S/C19H17BrClN3O/c1-24(2)19(25)13-5-3-12(4-6-13)11-22-17-8-7-14-9-15(20)10-16(21)18(14)23-17/h3-10H,11H2,1-2H3,(H,22,23). The maximum absolute atomic E-state index is 11.9. The fraction of sp³-hybridized carbons (Fsp3) is 0.158. The van der Waals surface area contributed by atoms with Crippen LogP contribution in [-0.4, -0.2) is 29.9 Å². The van der Waals surface area contributed by atoms with E-state index < -0.39 is 0 Å². The first kappa shape index (κ1) is 17.7. The molecule has 3 rings (SSSR count). The summed E-state index contributed by atoms with van der Waals surface area (Å²) >= 11 is 9.70. The van der Waals surface area contributed by atoms with Crippen LogP contribution in [0.1, 0.15) is 15.9 Å². The molecule has 0 fully saturated rings. The van der Waals surface area contributed by atoms with Crippen molar-refractivity contribution in [2.24, 2.45) is 0 Å². The molecule has 0 bridgehead atoms. The lowest BCUT2D eigenvalue weighted by Gasteiger charge is -2.11. The quantitative estimate of drug-likeness (QED) is 0.651. The molecule has 0 radical (unpaired) electrons. The smallest absolute Gasteiger partial charge is 0.253 e. The zero-order valence-electron chi connectivity index (χ0n) is 13.9. The predicted molar refractivity (Wildman–Crippen MR) is 106 cm³/mol. The van der Waals surface area contributed by atoms with Crippen LogP contribution < -0.4 is 5.32 Å². The van der Waals surface area contributed by atoms with Crippen LogP contribution in [0.5, 0.6) is 0 Å². The van der Waals surface area contributed by atoms with E-state index in [1.165, 1.54) is 0 Å². The molecule has 4 nitrogen and oxygen atoms in total. The number of benzene rings is 2. The van der Waals surface area contributed by atoms with E-state index >= 15 is 0 Å². The Bertz CT molecular complexity index is 926. The fourth-order valence-electron chi connectivity index (χ4n) is 2.47. The first-order valence-electron chi connectivity index (χ1n) is 7.74. The SMILES string of the molecule is CN(C)C(=O)c1ccc(CNc2ccc3cc(Br)cc(Cl)c3n2)cc1. The molecule has 0 saturated carbocycles. The Balaban J connectivity index is 1.73. The van der Waals surface area contributed by atoms with E-state index in [0.29, 0.717) is 17.1 Å². The summed E-state index contributed by atoms with van der Waals surface area (Å²) < 4.78 is 0.930. The molecular formula is C19H17BrClN3O. The highest BCUT2D eigenvalue weighted by Gasteiger charge is 2.08. The van der Waals surface area contributed by atoms with Gasteiger partial charge in [0.1, 0.15) is 5.82 Å². The van der Waals surface area contributed by atoms with Gasteiger partial charge in [-0.05, 0) is 42.0 Å². The Morgan fingerprint density at radius 3 is 2.56 bits per heavy atom. The molecule has 0 spiro atoms. The molecule has 1 amide bonds. The minimum Gasteiger partial charge on any atom is -0.366 e. The molecule has 0 atom stereocenters. The third-order valence-corrected chi connectivity index (χ3v) is 4.54. The first-order chi connectivity index (χ1) is 11.9. The normalized spacial score (nSPS) is 10.7. The minimum atomic E-state index is -0.00323. The number of rotatable bonds is 4. The van der Waals surface area contributed by atoms with Crippen molar-refractivity contribution in [3.05, 3.63) is 69.2 Å². The molecule has 0 aliphatic heterocycles. The molecule has 1 N–H and O–H groups in total. The third kappa shape index (κ3) is 4.11. The number of carbonyl (C=O) groups is 1. The van der Waals surface area contributed by atoms with Gasteiger partial charge < -0.3 is 10.2 Å². The summed E-state index contributed by atoms with van der Waals surface area (Å²) in [4.78, 5) is 18.0. The molecule has 2 aromatic carbocycles. The number of carbonyl (C=O) groups excluding carboxylic acids is 1. The fourth-order valence-corrected chi connectivity index (χ4v) is 3.35. The van der Waals surface area contributed by atoms with Gasteiger partial charge in [-0.3, -0.25) is 4.79 Å². The molecule has 3 aromatic rings. The van der Waals surface area contributed by atoms with Crippen LogP contribution in [0.2, 0.25) is 5.02 Å². The van der Waals surface area contributed by atoms with Crippen LogP contribution in [0, 0.1) is 0 Å². The monoisotopic (exact) mass is 417 g/mol. The lowest BCUT2D eigenvalue weighted by atomic mass is 10.1. The molecule has 25 heavy (non-hydrogen) atoms. The van der Waals surface area contributed by atoms with Crippen molar-refractivity contribution < 1.29 is 4.79 Å². The number of fused-ring (bicyclic) bond motifs is 1. The van der Waals surface area contributed by atoms with E-state index in [1.807, 2.05) is 48.5 Å². The zero-order valence-corrected chi connectivity index (χ0v) is 16.2. The number of halogens is 2. The van der Waals surface area contributed by atoms with E-state index in [4.69, 9.17) is 11.6 Å². The van der Waals surface area contributed by atoms with Gasteiger partial charge in [0, 0.05) is 36.1 Å². The lowest BCUT2D eigenvalue weighted by molar-refractivity contribution is 0.0827. The Morgan fingerprint density at radius 2 is 1.88 bits per heavy atom. The third-order valence-electron chi connectivity index (χ3n) is 3.79. The molecule has 128 valence electrons. The van der Waals surface area contributed by atoms with Gasteiger partial charge in [-0.1, -0.05) is 39.7 Å². The van der Waals surface area contributed by atoms with Crippen LogP contribution in [0.15, 0.2) is 53.0 Å². The van der Waals surface area contributed by atoms with Crippen molar-refractivity contribution in [2.75, 3.05) is 19.4 Å². The van der Waals surface area contributed by atoms with Gasteiger partial charge in [0.2, 0.25) is 0 Å². The van der Waals surface area contributed by atoms with E-state index in [0.717, 1.165) is 26.8 Å². The number of nitrogens with one attached hydrogen (secondary N) is 1. The number of aromatic nitrogens is 1. The number of anilines is 1. The minimum absolute atomic E-state index is 0.00323. The predicted octanol–water partition coefficient (Wildman–Crippen LogP) is 4.96. The van der Waals surface area contributed by atoms with E-state index in [1.54, 1.807) is 19.0 Å². The van der Waals surface area contributed by atoms with Gasteiger partial charge >= 0.3 is 0 Å². The highest BCUT2D eigenvalue weighted by Crippen LogP contribution is 2.27. The average Bonchev–Trinajstić information content (AvgIpc) is 2.60. The number of hydrogen-bond acceptors (Lipinski definition) is 3. The summed E-state index contributed by atoms with van der Waals surface area (Å²) in [6.45, 7) is 0.614. The maximum atomic E-state index is 11.9. The largest absolute Gasteiger partial charge is 0.366 e. The van der Waals surface area contributed by atoms with Gasteiger partial charge in [0.15, 0.2) is 0 Å². The van der Waals surface area contributed by atoms with Crippen molar-refractivity contribution in [3.8, 4) is 0 Å². The number of nitrogens with zero attached hydrogens (tertiary/aromatic N) is 2. The van der Waals surface area contributed by atoms with E-state index in [2.05, 4.69) is 26.2 Å². The Morgan fingerprint density at radius 1 is 1.16 bits per heavy atom. The maximum Gasteiger partial charge on any atom is 0.253 e. The van der Waals surface area contributed by atoms with Crippen LogP contribution in [0.25, 0.3) is 10.9 Å². The van der Waals surface area contributed by atoms with Crippen molar-refractivity contribution in [2.45, 2.75) is 6.54 Å². The molecule has 1 aromatic heterocycles. The molecular weight excluding hydrogens is 402 g/mol. The van der Waals surface area contributed by atoms with Gasteiger partial charge in [-0.25, -0.2) is 4.98 Å². The van der Waals surface area contributed by atoms with Crippen molar-refractivity contribution in [1.82, 2.24) is 9.88 Å². The second kappa shape index (κ2) is 7.42. The Kier molecular flexibility index (Phi) is 5.25. The van der Waals surface area contributed by atoms with Gasteiger partial charge in [0.25, 0.3) is 5.91 Å². The number of hydrogen-bond donors (Lipinski definition) is 1. The first-order valence-corrected chi connectivity index (χ1v) is 8.91. The number of amides is 1. The van der Waals surface area contributed by atoms with Crippen molar-refractivity contribution in [1.29, 1.82) is 0 Å². The lowest BCUT2D eigenvalue weighted by Crippen LogP contribution is -2.21. The molecule has 0 aliphatic rings. The molecule has 0 unspecified atom stereocenters. The van der Waals surface area contributed by atoms with Gasteiger partial charge in [-0.15, -0.1) is 0 Å². The van der Waals surface area contributed by atoms with Crippen LogP contribution in [-0.2, 0) is 6.54 Å². The van der Waals surface area contributed by atoms with Gasteiger partial charge in [-0.2, -0.15) is 0 Å². The van der Waals surface area contributed by atoms with Crippen molar-refractivity contribution >= 4 is 50.2 Å². The summed E-state index contributed by atoms with van der Waals surface area (Å²) in [5.74, 6) is 0.752. The van der Waals surface area contributed by atoms with Crippen LogP contribution >= 0.6 is 27.5 Å². The van der Waals surface area contributed by atoms with Gasteiger partial charge in [0.05, 0.1) is 10.5 Å². The zero-order chi connectivity index (χ0) is 18.0. The van der Waals surface area contributed by atoms with E-state index in [-0.39, 0.29) is 5.91 Å². The molecule has 0 aliphatic carbocycles. The topological polar surface area (TPSA) is 45.2 Å². The summed E-state index contributed by atoms with van der Waals surface area (Å²) in [6, 6.07) is 15.3. The van der Waals surface area contributed by atoms with E-state index in [9.17, 15) is 4.79 Å². The summed E-state index contributed by atoms with van der Waals surface area (Å²) in [5.41, 5.74) is 2.51. The molecule has 1 heterocycles. The second-order valence-electron chi connectivity index (χ2n) is 5.91. The van der Waals surface area contributed by atoms with Crippen LogP contribution in [0.3, 0.4) is 0 Å². The Labute approximate surface area is 159 Å². The second-order valence-corrected chi connectivity index (χ2v) is 7.23. The highest BCUT2D eigenvalue weighted by molar-refractivity contribution is 9.10. The highest BCUT2D eigenvalue weighted by atomic mass is 79.9. The Hall–Kier alpha value is -2.11. The molecule has 6 heteroatoms. The van der Waals surface area contributed by atoms with Crippen LogP contribution in [0.4, 0.5) is 5.82 Å². The number of pyridine rings is 1. The molecule has 0 saturated heterocycles. The average molecular weight is 419 g/mol. The summed E-state index contributed by atoms with van der Waals surface area (Å²) in [5, 5.41) is 4.88. The van der Waals surface area contributed by atoms with Crippen molar-refractivity contribution in [3.63, 3.8) is 0 Å². The summed E-state index contributed by atoms with van der Waals surface area (Å²) in [7, 11) is 3.49.